The Morgan fingerprint density at radius 2 is 1.53 bits per heavy atom. The highest BCUT2D eigenvalue weighted by atomic mass is 32.2. The number of amides is 4. The summed E-state index contributed by atoms with van der Waals surface area (Å²) in [6, 6.07) is 4.94. The van der Waals surface area contributed by atoms with Gasteiger partial charge in [-0.15, -0.1) is 0 Å². The zero-order valence-corrected chi connectivity index (χ0v) is 47.3. The van der Waals surface area contributed by atoms with Crippen molar-refractivity contribution in [2.45, 2.75) is 161 Å². The van der Waals surface area contributed by atoms with Crippen LogP contribution in [0, 0.1) is 25.2 Å². The molecule has 4 amide bonds. The summed E-state index contributed by atoms with van der Waals surface area (Å²) < 4.78 is 38.2. The number of piperidine rings is 1. The van der Waals surface area contributed by atoms with E-state index in [9.17, 15) is 51.6 Å². The lowest BCUT2D eigenvalue weighted by Gasteiger charge is -2.33. The quantitative estimate of drug-likeness (QED) is 0.0110. The van der Waals surface area contributed by atoms with Crippen LogP contribution in [0.2, 0.25) is 0 Å². The lowest BCUT2D eigenvalue weighted by molar-refractivity contribution is -0.140. The molecule has 3 aliphatic rings. The fourth-order valence-electron chi connectivity index (χ4n) is 11.3. The van der Waals surface area contributed by atoms with Gasteiger partial charge in [-0.05, 0) is 108 Å². The minimum Gasteiger partial charge on any atom is -0.481 e. The fraction of sp³-hybridized carbons (Fsp3) is 0.571. The number of rotatable bonds is 25. The van der Waals surface area contributed by atoms with Gasteiger partial charge in [0.05, 0.1) is 59.7 Å². The molecule has 430 valence electrons. The van der Waals surface area contributed by atoms with E-state index in [-0.39, 0.29) is 96.9 Å². The third-order valence-electron chi connectivity index (χ3n) is 15.7. The summed E-state index contributed by atoms with van der Waals surface area (Å²) in [6.07, 6.45) is 4.71. The molecule has 0 aliphatic carbocycles. The molecule has 1 fully saturated rings. The molecule has 79 heavy (non-hydrogen) atoms. The van der Waals surface area contributed by atoms with E-state index in [1.807, 2.05) is 39.0 Å². The van der Waals surface area contributed by atoms with Crippen LogP contribution in [0.15, 0.2) is 18.2 Å². The number of ketones is 1. The first-order valence-corrected chi connectivity index (χ1v) is 29.0. The van der Waals surface area contributed by atoms with Crippen LogP contribution in [0.3, 0.4) is 0 Å². The molecule has 0 radical (unpaired) electrons. The van der Waals surface area contributed by atoms with E-state index >= 15 is 0 Å². The first-order valence-electron chi connectivity index (χ1n) is 27.4. The number of carboxylic acids is 1. The second kappa shape index (κ2) is 27.2. The third kappa shape index (κ3) is 15.9. The van der Waals surface area contributed by atoms with E-state index in [4.69, 9.17) is 25.8 Å². The number of carbonyl (C=O) groups excluding carboxylic acids is 6. The van der Waals surface area contributed by atoms with Gasteiger partial charge in [-0.3, -0.25) is 53.5 Å². The number of ether oxygens (including phenoxy) is 1. The molecule has 6 heterocycles. The average molecular weight is 1120 g/mol. The number of fused-ring (bicyclic) bond motifs is 8. The SMILES string of the molecule is CC[C@H]1c2cc3[nH]c(c(CC(=O)OC)c4nc(cc5[nH]c(cc(n2)C1C)c(C(C)=O)c5C)C(C)[C@@H]4CCC(=O)NCCCCC(CC(=O)O)NC(=O)C1CCCN(C(=O)CCCCC(=N)N)C1)c(C(=O)NCCS(=O)(=O)O)c3C. The van der Waals surface area contributed by atoms with E-state index in [0.717, 1.165) is 5.69 Å². The maximum atomic E-state index is 14.3. The number of hydrogen-bond acceptors (Lipinski definition) is 13. The number of aromatic amines is 2. The number of carbonyl (C=O) groups is 7. The highest BCUT2D eigenvalue weighted by molar-refractivity contribution is 7.85. The molecule has 3 aromatic rings. The Balaban J connectivity index is 1.28. The van der Waals surface area contributed by atoms with Gasteiger partial charge in [0.1, 0.15) is 0 Å². The molecule has 1 saturated heterocycles. The van der Waals surface area contributed by atoms with Crippen molar-refractivity contribution >= 4 is 79.4 Å². The Hall–Kier alpha value is -7.01. The number of carboxylic acid groups (broad SMARTS) is 1. The Bertz CT molecular complexity index is 3110. The summed E-state index contributed by atoms with van der Waals surface area (Å²) in [5.41, 5.74) is 11.9. The Kier molecular flexibility index (Phi) is 21.1. The number of aromatic nitrogens is 4. The Morgan fingerprint density at radius 3 is 2.20 bits per heavy atom. The van der Waals surface area contributed by atoms with E-state index in [1.165, 1.54) is 14.0 Å². The smallest absolute Gasteiger partial charge is 0.310 e. The predicted octanol–water partition coefficient (Wildman–Crippen LogP) is 6.41. The van der Waals surface area contributed by atoms with Gasteiger partial charge >= 0.3 is 11.9 Å². The number of aryl methyl sites for hydroxylation is 2. The van der Waals surface area contributed by atoms with E-state index in [1.54, 1.807) is 11.8 Å². The number of likely N-dealkylation sites (tertiary alicyclic amines) is 1. The molecular weight excluding hydrogens is 1040 g/mol. The number of nitrogens with two attached hydrogens (primary N) is 1. The van der Waals surface area contributed by atoms with Crippen LogP contribution < -0.4 is 21.7 Å². The van der Waals surface area contributed by atoms with Crippen LogP contribution in [0.25, 0.3) is 22.1 Å². The molecule has 0 saturated carbocycles. The van der Waals surface area contributed by atoms with E-state index in [0.29, 0.717) is 127 Å². The molecule has 3 aliphatic heterocycles. The van der Waals surface area contributed by atoms with Crippen LogP contribution in [0.1, 0.15) is 195 Å². The number of esters is 1. The van der Waals surface area contributed by atoms with Crippen molar-refractivity contribution in [1.82, 2.24) is 40.8 Å². The van der Waals surface area contributed by atoms with E-state index in [2.05, 4.69) is 32.8 Å². The maximum absolute atomic E-state index is 14.3. The zero-order chi connectivity index (χ0) is 57.9. The van der Waals surface area contributed by atoms with Crippen molar-refractivity contribution in [3.05, 3.63) is 68.8 Å². The first-order chi connectivity index (χ1) is 37.4. The van der Waals surface area contributed by atoms with Gasteiger partial charge in [-0.2, -0.15) is 8.42 Å². The van der Waals surface area contributed by atoms with Crippen LogP contribution in [-0.2, 0) is 45.2 Å². The summed E-state index contributed by atoms with van der Waals surface area (Å²) in [5.74, 6) is -5.39. The van der Waals surface area contributed by atoms with Gasteiger partial charge < -0.3 is 46.4 Å². The van der Waals surface area contributed by atoms with Crippen molar-refractivity contribution in [3.63, 3.8) is 0 Å². The molecule has 23 heteroatoms. The highest BCUT2D eigenvalue weighted by Crippen LogP contribution is 2.44. The monoisotopic (exact) mass is 1110 g/mol. The molecule has 8 bridgehead atoms. The number of amidine groups is 1. The second-order valence-corrected chi connectivity index (χ2v) is 22.9. The summed E-state index contributed by atoms with van der Waals surface area (Å²) in [4.78, 5) is 112. The van der Waals surface area contributed by atoms with E-state index < -0.39 is 58.1 Å². The number of H-pyrrole nitrogens is 2. The third-order valence-corrected chi connectivity index (χ3v) is 16.4. The van der Waals surface area contributed by atoms with Crippen molar-refractivity contribution < 1.29 is 56.4 Å². The predicted molar refractivity (Wildman–Crippen MR) is 298 cm³/mol. The molecule has 6 atom stereocenters. The van der Waals surface area contributed by atoms with Crippen molar-refractivity contribution in [2.75, 3.05) is 39.0 Å². The highest BCUT2D eigenvalue weighted by Gasteiger charge is 2.35. The zero-order valence-electron chi connectivity index (χ0n) is 46.4. The first kappa shape index (κ1) is 61.2. The molecule has 6 rings (SSSR count). The van der Waals surface area contributed by atoms with Gasteiger partial charge in [-0.25, -0.2) is 0 Å². The minimum absolute atomic E-state index is 0.0136. The molecule has 3 aromatic heterocycles. The van der Waals surface area contributed by atoms with Gasteiger partial charge in [0.2, 0.25) is 17.7 Å². The molecule has 10 N–H and O–H groups in total. The van der Waals surface area contributed by atoms with Gasteiger partial charge in [0, 0.05) is 114 Å². The number of methoxy groups -OCH3 is 1. The summed E-state index contributed by atoms with van der Waals surface area (Å²) in [5, 5.41) is 25.6. The summed E-state index contributed by atoms with van der Waals surface area (Å²) in [7, 11) is -3.20. The Morgan fingerprint density at radius 1 is 0.873 bits per heavy atom. The van der Waals surface area contributed by atoms with Crippen molar-refractivity contribution in [2.24, 2.45) is 11.7 Å². The van der Waals surface area contributed by atoms with Crippen LogP contribution in [0.5, 0.6) is 0 Å². The summed E-state index contributed by atoms with van der Waals surface area (Å²) in [6.45, 7) is 11.8. The Labute approximate surface area is 460 Å². The average Bonchev–Trinajstić information content (AvgIpc) is 4.32. The standard InChI is InChI=1S/C56H78N10O12S/c1-8-37-30(2)40-28-45-51(34(6)67)32(4)42(63-45)26-41-31(3)38(53(64-41)39(25-50(72)78-7)54-52(56(74)60-21-23-79(75,76)77)33(5)43(65-54)27-44(37)62-40)18-19-47(68)59-20-12-11-15-36(24-49(70)71)61-55(73)35-14-13-22-66(29-35)48(69)17-10-9-16-46(57)58/h26-28,30-31,35-38,63,65H,8-25,29H2,1-7H3,(H3,57,58)(H,59,68)(H,60,74)(H,61,73)(H,70,71)(H,75,76,77)/t30?,31?,35?,36?,37-,38+/m1/s1. The second-order valence-electron chi connectivity index (χ2n) is 21.3. The summed E-state index contributed by atoms with van der Waals surface area (Å²) >= 11 is 0. The number of nitrogens with zero attached hydrogens (tertiary/aromatic N) is 3. The number of Topliss-reactive ketones (excluding diaryl/α,β-unsaturated/α-hetero) is 1. The van der Waals surface area contributed by atoms with Crippen molar-refractivity contribution in [3.8, 4) is 0 Å². The minimum atomic E-state index is -4.44. The van der Waals surface area contributed by atoms with Crippen molar-refractivity contribution in [1.29, 1.82) is 5.41 Å². The van der Waals surface area contributed by atoms with Crippen LogP contribution in [-0.4, -0.2) is 135 Å². The number of aliphatic carboxylic acids is 1. The van der Waals surface area contributed by atoms with Gasteiger partial charge in [-0.1, -0.05) is 20.8 Å². The molecular formula is C56H78N10O12S. The number of hydrogen-bond donors (Lipinski definition) is 9. The molecule has 4 unspecified atom stereocenters. The fourth-order valence-corrected chi connectivity index (χ4v) is 11.6. The lowest BCUT2D eigenvalue weighted by Crippen LogP contribution is -2.48. The van der Waals surface area contributed by atoms with Crippen LogP contribution >= 0.6 is 0 Å². The molecule has 22 nitrogen and oxygen atoms in total. The van der Waals surface area contributed by atoms with Crippen LogP contribution in [0.4, 0.5) is 0 Å². The largest absolute Gasteiger partial charge is 0.481 e. The van der Waals surface area contributed by atoms with Gasteiger partial charge in [0.25, 0.3) is 16.0 Å². The number of nitrogens with one attached hydrogen (secondary N) is 6. The lowest BCUT2D eigenvalue weighted by atomic mass is 9.85. The number of unbranched alkanes of at least 4 members (excludes halogenated alkanes) is 2. The topological polar surface area (TPSA) is 350 Å². The maximum Gasteiger partial charge on any atom is 0.310 e. The normalized spacial score (nSPS) is 18.6. The molecule has 0 spiro atoms. The molecule has 0 aromatic carbocycles. The van der Waals surface area contributed by atoms with Gasteiger partial charge in [0.15, 0.2) is 5.78 Å².